The zero-order valence-electron chi connectivity index (χ0n) is 13.2. The molecule has 0 saturated heterocycles. The number of hydrogen-bond acceptors (Lipinski definition) is 5. The normalized spacial score (nSPS) is 12.5. The van der Waals surface area contributed by atoms with Gasteiger partial charge in [0.25, 0.3) is 5.97 Å². The Labute approximate surface area is 130 Å². The van der Waals surface area contributed by atoms with E-state index in [9.17, 15) is 4.79 Å². The summed E-state index contributed by atoms with van der Waals surface area (Å²) in [5, 5.41) is 0. The van der Waals surface area contributed by atoms with Gasteiger partial charge in [-0.1, -0.05) is 15.9 Å². The van der Waals surface area contributed by atoms with Crippen LogP contribution in [0.25, 0.3) is 0 Å². The van der Waals surface area contributed by atoms with Crippen molar-refractivity contribution in [3.05, 3.63) is 0 Å². The Bertz CT molecular complexity index is 258. The lowest BCUT2D eigenvalue weighted by atomic mass is 10.2. The van der Waals surface area contributed by atoms with Gasteiger partial charge in [0.2, 0.25) is 0 Å². The van der Waals surface area contributed by atoms with Crippen molar-refractivity contribution in [2.24, 2.45) is 0 Å². The smallest absolute Gasteiger partial charge is 0.322 e. The highest BCUT2D eigenvalue weighted by Crippen LogP contribution is 2.23. The Morgan fingerprint density at radius 3 is 1.80 bits per heavy atom. The van der Waals surface area contributed by atoms with Crippen LogP contribution in [-0.2, 0) is 23.7 Å². The maximum Gasteiger partial charge on any atom is 0.322 e. The summed E-state index contributed by atoms with van der Waals surface area (Å²) < 4.78 is 21.3. The van der Waals surface area contributed by atoms with Gasteiger partial charge in [-0.15, -0.1) is 0 Å². The van der Waals surface area contributed by atoms with Crippen molar-refractivity contribution in [2.45, 2.75) is 57.8 Å². The standard InChI is InChI=1S/C14H27BrO5/c1-6-18-14(19-7-2,20-8-3)10-9-11-17-12(16)13(4,5)15/h6-11H2,1-5H3. The van der Waals surface area contributed by atoms with Gasteiger partial charge in [-0.3, -0.25) is 4.79 Å². The van der Waals surface area contributed by atoms with Gasteiger partial charge in [0.05, 0.1) is 6.61 Å². The highest BCUT2D eigenvalue weighted by Gasteiger charge is 2.32. The van der Waals surface area contributed by atoms with Gasteiger partial charge in [0, 0.05) is 26.2 Å². The lowest BCUT2D eigenvalue weighted by Gasteiger charge is -2.32. The molecule has 5 nitrogen and oxygen atoms in total. The second-order valence-corrected chi connectivity index (χ2v) is 6.68. The van der Waals surface area contributed by atoms with Crippen molar-refractivity contribution >= 4 is 21.9 Å². The third kappa shape index (κ3) is 7.57. The molecule has 0 amide bonds. The second-order valence-electron chi connectivity index (χ2n) is 4.69. The van der Waals surface area contributed by atoms with Gasteiger partial charge >= 0.3 is 5.97 Å². The quantitative estimate of drug-likeness (QED) is 0.246. The van der Waals surface area contributed by atoms with E-state index in [0.29, 0.717) is 39.3 Å². The molecular weight excluding hydrogens is 328 g/mol. The van der Waals surface area contributed by atoms with Crippen LogP contribution < -0.4 is 0 Å². The van der Waals surface area contributed by atoms with Crippen molar-refractivity contribution in [2.75, 3.05) is 26.4 Å². The zero-order chi connectivity index (χ0) is 15.6. The summed E-state index contributed by atoms with van der Waals surface area (Å²) in [5.41, 5.74) is 0. The van der Waals surface area contributed by atoms with Crippen molar-refractivity contribution in [3.8, 4) is 0 Å². The Morgan fingerprint density at radius 2 is 1.45 bits per heavy atom. The molecule has 120 valence electrons. The van der Waals surface area contributed by atoms with E-state index in [2.05, 4.69) is 15.9 Å². The molecule has 0 radical (unpaired) electrons. The van der Waals surface area contributed by atoms with Crippen molar-refractivity contribution < 1.29 is 23.7 Å². The number of carbonyl (C=O) groups is 1. The summed E-state index contributed by atoms with van der Waals surface area (Å²) in [7, 11) is 0. The molecule has 0 rings (SSSR count). The second kappa shape index (κ2) is 9.71. The molecule has 0 aliphatic carbocycles. The summed E-state index contributed by atoms with van der Waals surface area (Å²) in [5.74, 6) is -1.32. The number of hydrogen-bond donors (Lipinski definition) is 0. The number of halogens is 1. The van der Waals surface area contributed by atoms with Crippen LogP contribution in [0.1, 0.15) is 47.5 Å². The van der Waals surface area contributed by atoms with Crippen LogP contribution in [0.4, 0.5) is 0 Å². The first-order valence-electron chi connectivity index (χ1n) is 7.09. The fourth-order valence-electron chi connectivity index (χ4n) is 1.63. The third-order valence-corrected chi connectivity index (χ3v) is 2.76. The molecule has 0 aliphatic heterocycles. The maximum atomic E-state index is 11.6. The molecule has 0 bridgehead atoms. The molecule has 6 heteroatoms. The molecule has 20 heavy (non-hydrogen) atoms. The van der Waals surface area contributed by atoms with Crippen LogP contribution in [-0.4, -0.2) is 42.7 Å². The summed E-state index contributed by atoms with van der Waals surface area (Å²) in [6.07, 6.45) is 1.12. The molecular formula is C14H27BrO5. The maximum absolute atomic E-state index is 11.6. The molecule has 0 aromatic carbocycles. The number of ether oxygens (including phenoxy) is 4. The molecule has 0 heterocycles. The van der Waals surface area contributed by atoms with Gasteiger partial charge in [-0.25, -0.2) is 0 Å². The molecule has 0 unspecified atom stereocenters. The van der Waals surface area contributed by atoms with Gasteiger partial charge in [-0.2, -0.15) is 0 Å². The van der Waals surface area contributed by atoms with Gasteiger partial charge in [-0.05, 0) is 41.0 Å². The summed E-state index contributed by atoms with van der Waals surface area (Å²) >= 11 is 3.26. The number of esters is 1. The first-order chi connectivity index (χ1) is 9.31. The van der Waals surface area contributed by atoms with Crippen LogP contribution in [0.3, 0.4) is 0 Å². The Balaban J connectivity index is 4.29. The zero-order valence-corrected chi connectivity index (χ0v) is 14.7. The Hall–Kier alpha value is -0.170. The molecule has 0 spiro atoms. The van der Waals surface area contributed by atoms with E-state index in [1.54, 1.807) is 13.8 Å². The lowest BCUT2D eigenvalue weighted by molar-refractivity contribution is -0.380. The Kier molecular flexibility index (Phi) is 9.63. The highest BCUT2D eigenvalue weighted by atomic mass is 79.9. The number of alkyl halides is 1. The van der Waals surface area contributed by atoms with Crippen LogP contribution in [0.2, 0.25) is 0 Å². The molecule has 0 aromatic rings. The first kappa shape index (κ1) is 19.8. The minimum Gasteiger partial charge on any atom is -0.465 e. The predicted octanol–water partition coefficient (Wildman–Crippen LogP) is 3.25. The number of carbonyl (C=O) groups excluding carboxylic acids is 1. The van der Waals surface area contributed by atoms with Crippen molar-refractivity contribution in [3.63, 3.8) is 0 Å². The topological polar surface area (TPSA) is 54.0 Å². The lowest BCUT2D eigenvalue weighted by Crippen LogP contribution is -2.40. The third-order valence-electron chi connectivity index (χ3n) is 2.44. The van der Waals surface area contributed by atoms with E-state index in [4.69, 9.17) is 18.9 Å². The van der Waals surface area contributed by atoms with Crippen LogP contribution in [0.15, 0.2) is 0 Å². The summed E-state index contributed by atoms with van der Waals surface area (Å²) in [6, 6.07) is 0. The van der Waals surface area contributed by atoms with Crippen molar-refractivity contribution in [1.29, 1.82) is 0 Å². The SMILES string of the molecule is CCOC(CCCOC(=O)C(C)(C)Br)(OCC)OCC. The minimum atomic E-state index is -1.03. The summed E-state index contributed by atoms with van der Waals surface area (Å²) in [4.78, 5) is 11.6. The fraction of sp³-hybridized carbons (Fsp3) is 0.929. The van der Waals surface area contributed by atoms with Crippen molar-refractivity contribution in [1.82, 2.24) is 0 Å². The van der Waals surface area contributed by atoms with Gasteiger partial charge in [0.15, 0.2) is 0 Å². The van der Waals surface area contributed by atoms with Crippen LogP contribution >= 0.6 is 15.9 Å². The average Bonchev–Trinajstić information content (AvgIpc) is 2.34. The molecule has 0 aliphatic rings. The largest absolute Gasteiger partial charge is 0.465 e. The number of rotatable bonds is 11. The van der Waals surface area contributed by atoms with E-state index in [1.165, 1.54) is 0 Å². The first-order valence-corrected chi connectivity index (χ1v) is 7.88. The average molecular weight is 355 g/mol. The van der Waals surface area contributed by atoms with Crippen LogP contribution in [0.5, 0.6) is 0 Å². The van der Waals surface area contributed by atoms with E-state index in [0.717, 1.165) is 0 Å². The highest BCUT2D eigenvalue weighted by molar-refractivity contribution is 9.10. The minimum absolute atomic E-state index is 0.285. The van der Waals surface area contributed by atoms with Crippen LogP contribution in [0, 0.1) is 0 Å². The molecule has 0 N–H and O–H groups in total. The molecule has 0 aromatic heterocycles. The van der Waals surface area contributed by atoms with E-state index in [1.807, 2.05) is 20.8 Å². The predicted molar refractivity (Wildman–Crippen MR) is 80.8 cm³/mol. The summed E-state index contributed by atoms with van der Waals surface area (Å²) in [6.45, 7) is 11.0. The molecule has 0 fully saturated rings. The monoisotopic (exact) mass is 354 g/mol. The molecule has 0 saturated carbocycles. The van der Waals surface area contributed by atoms with Gasteiger partial charge < -0.3 is 18.9 Å². The van der Waals surface area contributed by atoms with E-state index < -0.39 is 10.3 Å². The van der Waals surface area contributed by atoms with Gasteiger partial charge in [0.1, 0.15) is 4.32 Å². The Morgan fingerprint density at radius 1 is 1.00 bits per heavy atom. The molecule has 0 atom stereocenters. The fourth-order valence-corrected chi connectivity index (χ4v) is 1.74. The van der Waals surface area contributed by atoms with E-state index >= 15 is 0 Å². The van der Waals surface area contributed by atoms with E-state index in [-0.39, 0.29) is 5.97 Å².